The highest BCUT2D eigenvalue weighted by molar-refractivity contribution is 5.97. The van der Waals surface area contributed by atoms with Gasteiger partial charge in [-0.2, -0.15) is 0 Å². The molecule has 0 unspecified atom stereocenters. The summed E-state index contributed by atoms with van der Waals surface area (Å²) in [6, 6.07) is 11.8. The Morgan fingerprint density at radius 3 is 2.68 bits per heavy atom. The molecule has 0 saturated heterocycles. The van der Waals surface area contributed by atoms with Crippen molar-refractivity contribution in [1.29, 1.82) is 0 Å². The second-order valence-electron chi connectivity index (χ2n) is 9.42. The minimum atomic E-state index is -0.313. The molecular formula is C27H36N4O3. The summed E-state index contributed by atoms with van der Waals surface area (Å²) in [6.07, 6.45) is 1.48. The topological polar surface area (TPSA) is 69.1 Å². The molecule has 2 heterocycles. The standard InChI is InChI=1S/C27H36N4O3/c1-20-16-31(21(2)19-32)27(33)24-14-23(12-9-13-29(3)4)15-28-26(24)34-25(20)18-30(5)17-22-10-7-6-8-11-22/h6-8,10-11,14-15,20-21,25,32H,13,16-19H2,1-5H3/t20-,21+,25+/m0/s1. The summed E-state index contributed by atoms with van der Waals surface area (Å²) in [5.74, 6) is 6.34. The van der Waals surface area contributed by atoms with Crippen LogP contribution in [0.1, 0.15) is 35.3 Å². The van der Waals surface area contributed by atoms with Crippen molar-refractivity contribution < 1.29 is 14.6 Å². The van der Waals surface area contributed by atoms with Crippen LogP contribution in [0, 0.1) is 17.8 Å². The number of carbonyl (C=O) groups is 1. The minimum absolute atomic E-state index is 0.0469. The number of nitrogens with zero attached hydrogens (tertiary/aromatic N) is 4. The Balaban J connectivity index is 1.89. The highest BCUT2D eigenvalue weighted by Crippen LogP contribution is 2.27. The van der Waals surface area contributed by atoms with Gasteiger partial charge in [0.25, 0.3) is 5.91 Å². The van der Waals surface area contributed by atoms with Crippen molar-refractivity contribution in [3.05, 3.63) is 59.3 Å². The van der Waals surface area contributed by atoms with Crippen LogP contribution in [0.2, 0.25) is 0 Å². The molecule has 0 bridgehead atoms. The summed E-state index contributed by atoms with van der Waals surface area (Å²) in [5.41, 5.74) is 2.29. The van der Waals surface area contributed by atoms with E-state index in [1.165, 1.54) is 5.56 Å². The summed E-state index contributed by atoms with van der Waals surface area (Å²) >= 11 is 0. The molecule has 3 atom stereocenters. The van der Waals surface area contributed by atoms with Gasteiger partial charge in [0.1, 0.15) is 11.7 Å². The zero-order chi connectivity index (χ0) is 24.7. The van der Waals surface area contributed by atoms with Crippen molar-refractivity contribution in [3.63, 3.8) is 0 Å². The Labute approximate surface area is 203 Å². The van der Waals surface area contributed by atoms with Crippen molar-refractivity contribution in [2.45, 2.75) is 32.5 Å². The number of amides is 1. The fraction of sp³-hybridized carbons (Fsp3) is 0.481. The van der Waals surface area contributed by atoms with Gasteiger partial charge in [-0.25, -0.2) is 4.98 Å². The lowest BCUT2D eigenvalue weighted by Crippen LogP contribution is -2.49. The molecule has 34 heavy (non-hydrogen) atoms. The lowest BCUT2D eigenvalue weighted by molar-refractivity contribution is 0.0325. The molecule has 2 aromatic rings. The number of likely N-dealkylation sites (N-methyl/N-ethyl adjacent to an activating group) is 1. The second-order valence-corrected chi connectivity index (χ2v) is 9.42. The normalized spacial score (nSPS) is 19.1. The van der Waals surface area contributed by atoms with Gasteiger partial charge >= 0.3 is 0 Å². The van der Waals surface area contributed by atoms with Gasteiger partial charge in [-0.1, -0.05) is 49.1 Å². The second kappa shape index (κ2) is 12.0. The van der Waals surface area contributed by atoms with E-state index in [0.717, 1.165) is 6.54 Å². The van der Waals surface area contributed by atoms with Gasteiger partial charge in [0.05, 0.1) is 19.2 Å². The summed E-state index contributed by atoms with van der Waals surface area (Å²) in [7, 11) is 5.98. The molecule has 182 valence electrons. The number of hydrogen-bond donors (Lipinski definition) is 1. The summed E-state index contributed by atoms with van der Waals surface area (Å²) in [5, 5.41) is 9.82. The molecule has 3 rings (SSSR count). The van der Waals surface area contributed by atoms with Crippen LogP contribution >= 0.6 is 0 Å². The maximum absolute atomic E-state index is 13.5. The largest absolute Gasteiger partial charge is 0.472 e. The first-order chi connectivity index (χ1) is 16.3. The molecule has 1 aliphatic heterocycles. The molecule has 1 amide bonds. The van der Waals surface area contributed by atoms with Crippen molar-refractivity contribution >= 4 is 5.91 Å². The highest BCUT2D eigenvalue weighted by Gasteiger charge is 2.34. The number of pyridine rings is 1. The first-order valence-electron chi connectivity index (χ1n) is 11.7. The van der Waals surface area contributed by atoms with Gasteiger partial charge in [-0.05, 0) is 39.7 Å². The van der Waals surface area contributed by atoms with E-state index in [4.69, 9.17) is 4.74 Å². The lowest BCUT2D eigenvalue weighted by Gasteiger charge is -2.37. The monoisotopic (exact) mass is 464 g/mol. The van der Waals surface area contributed by atoms with Gasteiger partial charge < -0.3 is 14.7 Å². The van der Waals surface area contributed by atoms with E-state index in [2.05, 4.69) is 47.8 Å². The maximum Gasteiger partial charge on any atom is 0.259 e. The molecule has 0 fully saturated rings. The van der Waals surface area contributed by atoms with E-state index in [-0.39, 0.29) is 30.6 Å². The Hall–Kier alpha value is -2.92. The predicted molar refractivity (Wildman–Crippen MR) is 134 cm³/mol. The van der Waals surface area contributed by atoms with Crippen molar-refractivity contribution in [2.75, 3.05) is 47.4 Å². The molecule has 1 aliphatic rings. The first-order valence-corrected chi connectivity index (χ1v) is 11.7. The number of aliphatic hydroxyl groups is 1. The number of aromatic nitrogens is 1. The quantitative estimate of drug-likeness (QED) is 0.635. The Kier molecular flexibility index (Phi) is 9.05. The Morgan fingerprint density at radius 1 is 1.26 bits per heavy atom. The maximum atomic E-state index is 13.5. The molecule has 7 heteroatoms. The van der Waals surface area contributed by atoms with Gasteiger partial charge in [0.15, 0.2) is 0 Å². The number of rotatable bonds is 7. The molecule has 7 nitrogen and oxygen atoms in total. The van der Waals surface area contributed by atoms with E-state index in [1.807, 2.05) is 44.1 Å². The molecule has 0 spiro atoms. The van der Waals surface area contributed by atoms with Crippen LogP contribution < -0.4 is 4.74 Å². The number of benzene rings is 1. The van der Waals surface area contributed by atoms with Crippen molar-refractivity contribution in [1.82, 2.24) is 19.7 Å². The first kappa shape index (κ1) is 25.7. The van der Waals surface area contributed by atoms with Gasteiger partial charge in [-0.15, -0.1) is 0 Å². The highest BCUT2D eigenvalue weighted by atomic mass is 16.5. The molecule has 1 aromatic heterocycles. The van der Waals surface area contributed by atoms with Crippen LogP contribution in [-0.2, 0) is 6.54 Å². The lowest BCUT2D eigenvalue weighted by atomic mass is 9.99. The van der Waals surface area contributed by atoms with Crippen LogP contribution in [0.15, 0.2) is 42.6 Å². The number of aliphatic hydroxyl groups excluding tert-OH is 1. The summed E-state index contributed by atoms with van der Waals surface area (Å²) < 4.78 is 6.37. The predicted octanol–water partition coefficient (Wildman–Crippen LogP) is 2.35. The van der Waals surface area contributed by atoms with Crippen LogP contribution in [-0.4, -0.2) is 90.2 Å². The number of ether oxygens (including phenoxy) is 1. The molecule has 0 radical (unpaired) electrons. The average Bonchev–Trinajstić information content (AvgIpc) is 2.81. The van der Waals surface area contributed by atoms with Crippen LogP contribution in [0.3, 0.4) is 0 Å². The van der Waals surface area contributed by atoms with Crippen LogP contribution in [0.5, 0.6) is 5.88 Å². The minimum Gasteiger partial charge on any atom is -0.472 e. The molecule has 1 aromatic carbocycles. The summed E-state index contributed by atoms with van der Waals surface area (Å²) in [4.78, 5) is 23.9. The van der Waals surface area contributed by atoms with E-state index in [0.29, 0.717) is 36.6 Å². The zero-order valence-electron chi connectivity index (χ0n) is 20.9. The third kappa shape index (κ3) is 6.80. The Bertz CT molecular complexity index is 1020. The van der Waals surface area contributed by atoms with Crippen molar-refractivity contribution in [2.24, 2.45) is 5.92 Å². The van der Waals surface area contributed by atoms with E-state index in [9.17, 15) is 9.90 Å². The third-order valence-electron chi connectivity index (χ3n) is 5.94. The smallest absolute Gasteiger partial charge is 0.259 e. The third-order valence-corrected chi connectivity index (χ3v) is 5.94. The number of fused-ring (bicyclic) bond motifs is 1. The molecule has 1 N–H and O–H groups in total. The SMILES string of the molecule is C[C@H](CO)N1C[C@H](C)[C@@H](CN(C)Cc2ccccc2)Oc2ncc(C#CCN(C)C)cc2C1=O. The molecule has 0 saturated carbocycles. The Morgan fingerprint density at radius 2 is 2.00 bits per heavy atom. The zero-order valence-corrected chi connectivity index (χ0v) is 20.9. The van der Waals surface area contributed by atoms with Crippen LogP contribution in [0.4, 0.5) is 0 Å². The molecular weight excluding hydrogens is 428 g/mol. The average molecular weight is 465 g/mol. The van der Waals surface area contributed by atoms with Gasteiger partial charge in [-0.3, -0.25) is 14.6 Å². The van der Waals surface area contributed by atoms with Crippen LogP contribution in [0.25, 0.3) is 0 Å². The van der Waals surface area contributed by atoms with Gasteiger partial charge in [0, 0.05) is 37.3 Å². The summed E-state index contributed by atoms with van der Waals surface area (Å²) in [6.45, 7) is 6.40. The fourth-order valence-corrected chi connectivity index (χ4v) is 3.96. The molecule has 0 aliphatic carbocycles. The number of carbonyl (C=O) groups excluding carboxylic acids is 1. The van der Waals surface area contributed by atoms with E-state index < -0.39 is 0 Å². The van der Waals surface area contributed by atoms with Crippen molar-refractivity contribution in [3.8, 4) is 17.7 Å². The van der Waals surface area contributed by atoms with E-state index >= 15 is 0 Å². The van der Waals surface area contributed by atoms with E-state index in [1.54, 1.807) is 17.2 Å². The van der Waals surface area contributed by atoms with Gasteiger partial charge in [0.2, 0.25) is 5.88 Å². The number of hydrogen-bond acceptors (Lipinski definition) is 6. The fourth-order valence-electron chi connectivity index (χ4n) is 3.96.